The molecule has 0 radical (unpaired) electrons. The lowest BCUT2D eigenvalue weighted by atomic mass is 10.2. The topological polar surface area (TPSA) is 74.8 Å². The van der Waals surface area contributed by atoms with Crippen molar-refractivity contribution in [2.45, 2.75) is 0 Å². The van der Waals surface area contributed by atoms with Crippen LogP contribution in [0.25, 0.3) is 16.9 Å². The average Bonchev–Trinajstić information content (AvgIpc) is 3.07. The van der Waals surface area contributed by atoms with Crippen LogP contribution in [0.1, 0.15) is 10.5 Å². The molecule has 1 amide bonds. The maximum Gasteiger partial charge on any atom is 0.301 e. The van der Waals surface area contributed by atoms with E-state index in [-0.39, 0.29) is 22.9 Å². The van der Waals surface area contributed by atoms with Gasteiger partial charge in [-0.1, -0.05) is 6.07 Å². The summed E-state index contributed by atoms with van der Waals surface area (Å²) in [5.41, 5.74) is 0.313. The van der Waals surface area contributed by atoms with Crippen molar-refractivity contribution in [3.63, 3.8) is 0 Å². The number of aromatic nitrogens is 4. The van der Waals surface area contributed by atoms with Gasteiger partial charge >= 0.3 is 5.91 Å². The molecule has 134 valence electrons. The van der Waals surface area contributed by atoms with Gasteiger partial charge in [0.25, 0.3) is 5.82 Å². The predicted molar refractivity (Wildman–Crippen MR) is 89.2 cm³/mol. The quantitative estimate of drug-likeness (QED) is 0.430. The van der Waals surface area contributed by atoms with Crippen LogP contribution in [-0.2, 0) is 0 Å². The van der Waals surface area contributed by atoms with Gasteiger partial charge in [-0.15, -0.1) is 0 Å². The third-order valence-electron chi connectivity index (χ3n) is 3.94. The van der Waals surface area contributed by atoms with Crippen LogP contribution in [0.3, 0.4) is 0 Å². The molecule has 3 heterocycles. The van der Waals surface area contributed by atoms with Crippen molar-refractivity contribution in [1.82, 2.24) is 15.0 Å². The van der Waals surface area contributed by atoms with E-state index in [4.69, 9.17) is 0 Å². The summed E-state index contributed by atoms with van der Waals surface area (Å²) in [5.74, 6) is -4.39. The van der Waals surface area contributed by atoms with Crippen molar-refractivity contribution >= 4 is 17.2 Å². The maximum absolute atomic E-state index is 14.3. The number of benzene rings is 1. The van der Waals surface area contributed by atoms with Gasteiger partial charge in [-0.2, -0.15) is 4.40 Å². The summed E-state index contributed by atoms with van der Waals surface area (Å²) >= 11 is 0. The first-order valence-electron chi connectivity index (χ1n) is 7.80. The van der Waals surface area contributed by atoms with Crippen molar-refractivity contribution < 1.29 is 22.4 Å². The van der Waals surface area contributed by atoms with Crippen molar-refractivity contribution in [3.05, 3.63) is 78.3 Å². The molecule has 3 aromatic heterocycles. The normalized spacial score (nSPS) is 10.9. The van der Waals surface area contributed by atoms with Crippen molar-refractivity contribution in [2.24, 2.45) is 0 Å². The maximum atomic E-state index is 14.3. The average molecular weight is 370 g/mol. The number of aromatic amines is 1. The molecule has 0 bridgehead atoms. The highest BCUT2D eigenvalue weighted by molar-refractivity contribution is 6.06. The molecule has 0 saturated carbocycles. The summed E-state index contributed by atoms with van der Waals surface area (Å²) in [4.78, 5) is 23.1. The largest absolute Gasteiger partial charge is 0.303 e. The molecule has 0 aliphatic carbocycles. The summed E-state index contributed by atoms with van der Waals surface area (Å²) in [6, 6.07) is 8.42. The number of imidazole rings is 1. The Morgan fingerprint density at radius 3 is 2.70 bits per heavy atom. The third kappa shape index (κ3) is 2.88. The smallest absolute Gasteiger partial charge is 0.301 e. The second-order valence-electron chi connectivity index (χ2n) is 5.58. The zero-order valence-corrected chi connectivity index (χ0v) is 13.6. The van der Waals surface area contributed by atoms with Gasteiger partial charge in [-0.25, -0.2) is 28.1 Å². The van der Waals surface area contributed by atoms with Crippen LogP contribution in [0.5, 0.6) is 0 Å². The van der Waals surface area contributed by atoms with Gasteiger partial charge in [-0.05, 0) is 30.3 Å². The molecule has 9 heteroatoms. The Morgan fingerprint density at radius 2 is 1.93 bits per heavy atom. The van der Waals surface area contributed by atoms with E-state index in [9.17, 15) is 18.0 Å². The lowest BCUT2D eigenvalue weighted by Gasteiger charge is -2.00. The van der Waals surface area contributed by atoms with Gasteiger partial charge in [0, 0.05) is 6.20 Å². The first-order valence-corrected chi connectivity index (χ1v) is 7.80. The van der Waals surface area contributed by atoms with Gasteiger partial charge in [0.05, 0.1) is 6.20 Å². The molecule has 0 fully saturated rings. The van der Waals surface area contributed by atoms with Gasteiger partial charge in [0.15, 0.2) is 23.0 Å². The Balaban J connectivity index is 1.85. The molecule has 27 heavy (non-hydrogen) atoms. The fourth-order valence-corrected chi connectivity index (χ4v) is 2.71. The lowest BCUT2D eigenvalue weighted by molar-refractivity contribution is -0.498. The molecule has 4 aromatic rings. The Kier molecular flexibility index (Phi) is 4.03. The minimum Gasteiger partial charge on any atom is -0.303 e. The van der Waals surface area contributed by atoms with E-state index < -0.39 is 23.4 Å². The van der Waals surface area contributed by atoms with E-state index in [2.05, 4.69) is 20.3 Å². The molecule has 0 aliphatic rings. The minimum absolute atomic E-state index is 0.0924. The van der Waals surface area contributed by atoms with E-state index in [1.807, 2.05) is 0 Å². The SMILES string of the molecule is O=C(Nc1ccncn1)c1[nH]c(-c2ccc(F)c(F)c2F)[n+]2ccccc12. The van der Waals surface area contributed by atoms with E-state index in [1.165, 1.54) is 23.0 Å². The van der Waals surface area contributed by atoms with E-state index in [0.29, 0.717) is 5.52 Å². The molecular weight excluding hydrogens is 359 g/mol. The first-order chi connectivity index (χ1) is 13.1. The number of fused-ring (bicyclic) bond motifs is 1. The van der Waals surface area contributed by atoms with Gasteiger partial charge < -0.3 is 5.32 Å². The second-order valence-corrected chi connectivity index (χ2v) is 5.58. The number of anilines is 1. The molecule has 0 unspecified atom stereocenters. The molecule has 6 nitrogen and oxygen atoms in total. The van der Waals surface area contributed by atoms with Crippen LogP contribution >= 0.6 is 0 Å². The van der Waals surface area contributed by atoms with Gasteiger partial charge in [0.2, 0.25) is 5.69 Å². The Morgan fingerprint density at radius 1 is 1.07 bits per heavy atom. The minimum atomic E-state index is -1.58. The molecule has 0 atom stereocenters. The number of hydrogen-bond donors (Lipinski definition) is 2. The van der Waals surface area contributed by atoms with Crippen LogP contribution in [0.15, 0.2) is 55.1 Å². The second kappa shape index (κ2) is 6.52. The zero-order chi connectivity index (χ0) is 19.0. The number of nitrogens with zero attached hydrogens (tertiary/aromatic N) is 3. The monoisotopic (exact) mass is 370 g/mol. The van der Waals surface area contributed by atoms with Gasteiger partial charge in [-0.3, -0.25) is 4.79 Å². The highest BCUT2D eigenvalue weighted by atomic mass is 19.2. The third-order valence-corrected chi connectivity index (χ3v) is 3.94. The fraction of sp³-hybridized carbons (Fsp3) is 0. The predicted octanol–water partition coefficient (Wildman–Crippen LogP) is 2.88. The van der Waals surface area contributed by atoms with Crippen molar-refractivity contribution in [1.29, 1.82) is 0 Å². The Hall–Kier alpha value is -3.75. The van der Waals surface area contributed by atoms with Gasteiger partial charge in [0.1, 0.15) is 17.7 Å². The molecule has 4 rings (SSSR count). The number of pyridine rings is 1. The van der Waals surface area contributed by atoms with Crippen LogP contribution in [0, 0.1) is 17.5 Å². The number of hydrogen-bond acceptors (Lipinski definition) is 3. The highest BCUT2D eigenvalue weighted by Gasteiger charge is 2.28. The van der Waals surface area contributed by atoms with Crippen LogP contribution in [0.2, 0.25) is 0 Å². The summed E-state index contributed by atoms with van der Waals surface area (Å²) in [6.45, 7) is 0. The number of carbonyl (C=O) groups is 1. The van der Waals surface area contributed by atoms with Crippen LogP contribution in [0.4, 0.5) is 19.0 Å². The number of carbonyl (C=O) groups excluding carboxylic acids is 1. The van der Waals surface area contributed by atoms with Crippen molar-refractivity contribution in [3.8, 4) is 11.4 Å². The Labute approximate surface area is 150 Å². The summed E-state index contributed by atoms with van der Waals surface area (Å²) in [7, 11) is 0. The molecular formula is C18H11F3N5O+. The zero-order valence-electron chi connectivity index (χ0n) is 13.6. The summed E-state index contributed by atoms with van der Waals surface area (Å²) < 4.78 is 42.7. The summed E-state index contributed by atoms with van der Waals surface area (Å²) in [5, 5.41) is 2.59. The fourth-order valence-electron chi connectivity index (χ4n) is 2.71. The van der Waals surface area contributed by atoms with Crippen LogP contribution in [-0.4, -0.2) is 20.9 Å². The van der Waals surface area contributed by atoms with E-state index >= 15 is 0 Å². The number of amides is 1. The first kappa shape index (κ1) is 16.7. The number of rotatable bonds is 3. The molecule has 2 N–H and O–H groups in total. The number of H-pyrrole nitrogens is 1. The lowest BCUT2D eigenvalue weighted by Crippen LogP contribution is -2.22. The van der Waals surface area contributed by atoms with Crippen molar-refractivity contribution in [2.75, 3.05) is 5.32 Å². The molecule has 0 spiro atoms. The highest BCUT2D eigenvalue weighted by Crippen LogP contribution is 2.24. The molecule has 0 saturated heterocycles. The number of nitrogens with one attached hydrogen (secondary N) is 2. The van der Waals surface area contributed by atoms with E-state index in [0.717, 1.165) is 12.1 Å². The van der Waals surface area contributed by atoms with Crippen LogP contribution < -0.4 is 9.72 Å². The molecule has 0 aliphatic heterocycles. The number of halogens is 3. The molecule has 1 aromatic carbocycles. The Bertz CT molecular complexity index is 1160. The standard InChI is InChI=1S/C18H10F3N5O/c19-11-5-4-10(14(20)15(11)21)17-25-16(12-3-1-2-8-26(12)17)18(27)24-13-6-7-22-9-23-13/h1-9H,(H,22,23,24,27)/p+1. The summed E-state index contributed by atoms with van der Waals surface area (Å²) in [6.07, 6.45) is 4.31. The van der Waals surface area contributed by atoms with E-state index in [1.54, 1.807) is 24.4 Å².